The SMILES string of the molecule is O=C(NCCOc1nc(N2C[C@H]3CC[C@@H](C2)N3)c2cnc(-c3cc(O)cc4ccccc34)c(F)c2n1)c1cccc(S(=O)(=O)F)c1. The van der Waals surface area contributed by atoms with E-state index in [0.717, 1.165) is 30.4 Å². The molecule has 2 fully saturated rings. The predicted octanol–water partition coefficient (Wildman–Crippen LogP) is 4.10. The summed E-state index contributed by atoms with van der Waals surface area (Å²) in [7, 11) is -4.97. The number of rotatable bonds is 8. The fourth-order valence-electron chi connectivity index (χ4n) is 6.17. The number of carbonyl (C=O) groups is 1. The summed E-state index contributed by atoms with van der Waals surface area (Å²) in [6.07, 6.45) is 3.59. The molecule has 46 heavy (non-hydrogen) atoms. The number of halogens is 2. The second kappa shape index (κ2) is 11.8. The van der Waals surface area contributed by atoms with Crippen molar-refractivity contribution >= 4 is 43.6 Å². The molecule has 4 heterocycles. The number of aromatic hydroxyl groups is 1. The van der Waals surface area contributed by atoms with Gasteiger partial charge in [0.05, 0.1) is 16.8 Å². The van der Waals surface area contributed by atoms with Gasteiger partial charge in [-0.2, -0.15) is 18.4 Å². The number of ether oxygens (including phenoxy) is 1. The first kappa shape index (κ1) is 29.7. The first-order valence-electron chi connectivity index (χ1n) is 14.7. The Kier molecular flexibility index (Phi) is 7.61. The van der Waals surface area contributed by atoms with E-state index in [1.807, 2.05) is 24.3 Å². The molecular weight excluding hydrogens is 618 g/mol. The lowest BCUT2D eigenvalue weighted by atomic mass is 10.0. The molecule has 3 N–H and O–H groups in total. The number of nitrogens with zero attached hydrogens (tertiary/aromatic N) is 4. The molecule has 236 valence electrons. The summed E-state index contributed by atoms with van der Waals surface area (Å²) >= 11 is 0. The average molecular weight is 647 g/mol. The topological polar surface area (TPSA) is 147 Å². The van der Waals surface area contributed by atoms with Gasteiger partial charge in [-0.15, -0.1) is 3.89 Å². The number of piperazine rings is 1. The molecule has 2 atom stereocenters. The molecule has 0 unspecified atom stereocenters. The Morgan fingerprint density at radius 3 is 2.61 bits per heavy atom. The Morgan fingerprint density at radius 2 is 1.83 bits per heavy atom. The number of carbonyl (C=O) groups excluding carboxylic acids is 1. The minimum absolute atomic E-state index is 0.00316. The van der Waals surface area contributed by atoms with Crippen LogP contribution in [0.15, 0.2) is 71.8 Å². The van der Waals surface area contributed by atoms with Gasteiger partial charge in [-0.3, -0.25) is 9.78 Å². The minimum Gasteiger partial charge on any atom is -0.508 e. The van der Waals surface area contributed by atoms with Gasteiger partial charge in [-0.05, 0) is 53.9 Å². The van der Waals surface area contributed by atoms with Crippen molar-refractivity contribution in [3.63, 3.8) is 0 Å². The van der Waals surface area contributed by atoms with Gasteiger partial charge in [0.15, 0.2) is 5.82 Å². The number of anilines is 1. The third-order valence-electron chi connectivity index (χ3n) is 8.26. The van der Waals surface area contributed by atoms with Crippen molar-refractivity contribution in [3.05, 3.63) is 78.2 Å². The maximum atomic E-state index is 16.5. The number of nitrogens with one attached hydrogen (secondary N) is 2. The van der Waals surface area contributed by atoms with E-state index < -0.39 is 26.8 Å². The van der Waals surface area contributed by atoms with E-state index in [2.05, 4.69) is 30.5 Å². The van der Waals surface area contributed by atoms with Crippen LogP contribution in [0.4, 0.5) is 14.1 Å². The molecule has 5 aromatic rings. The van der Waals surface area contributed by atoms with Crippen molar-refractivity contribution in [2.75, 3.05) is 31.1 Å². The van der Waals surface area contributed by atoms with Crippen LogP contribution >= 0.6 is 0 Å². The highest BCUT2D eigenvalue weighted by molar-refractivity contribution is 7.86. The highest BCUT2D eigenvalue weighted by Gasteiger charge is 2.34. The lowest BCUT2D eigenvalue weighted by molar-refractivity contribution is 0.0946. The number of benzene rings is 3. The van der Waals surface area contributed by atoms with Gasteiger partial charge in [-0.25, -0.2) is 4.39 Å². The van der Waals surface area contributed by atoms with E-state index in [0.29, 0.717) is 35.2 Å². The number of pyridine rings is 1. The summed E-state index contributed by atoms with van der Waals surface area (Å²) in [5, 5.41) is 18.4. The Labute approximate surface area is 262 Å². The zero-order chi connectivity index (χ0) is 32.0. The molecule has 2 aliphatic rings. The third-order valence-corrected chi connectivity index (χ3v) is 9.07. The van der Waals surface area contributed by atoms with Crippen LogP contribution in [0.3, 0.4) is 0 Å². The summed E-state index contributed by atoms with van der Waals surface area (Å²) < 4.78 is 58.1. The van der Waals surface area contributed by atoms with E-state index in [4.69, 9.17) is 4.74 Å². The molecule has 0 saturated carbocycles. The van der Waals surface area contributed by atoms with E-state index in [1.54, 1.807) is 12.3 Å². The maximum absolute atomic E-state index is 16.5. The maximum Gasteiger partial charge on any atom is 0.332 e. The standard InChI is InChI=1S/C32H28F2N6O5S/c33-27-28(25-14-22(41)12-18-4-1-2-7-24(18)25)36-15-26-29(27)38-32(39-30(26)40-16-20-8-9-21(17-40)37-20)45-11-10-35-31(42)19-5-3-6-23(13-19)46(34,43)44/h1-7,12-15,20-21,37,41H,8-11,16-17H2,(H,35,42)/t20-,21+. The number of phenolic OH excluding ortho intramolecular Hbond substituents is 1. The minimum atomic E-state index is -4.97. The van der Waals surface area contributed by atoms with Crippen molar-refractivity contribution in [2.45, 2.75) is 29.8 Å². The molecule has 0 radical (unpaired) electrons. The summed E-state index contributed by atoms with van der Waals surface area (Å²) in [6, 6.07) is 15.4. The predicted molar refractivity (Wildman–Crippen MR) is 167 cm³/mol. The van der Waals surface area contributed by atoms with Crippen LogP contribution in [0.25, 0.3) is 32.9 Å². The Balaban J connectivity index is 1.20. The van der Waals surface area contributed by atoms with Gasteiger partial charge in [0.25, 0.3) is 5.91 Å². The van der Waals surface area contributed by atoms with E-state index >= 15 is 4.39 Å². The molecule has 7 rings (SSSR count). The molecular formula is C32H28F2N6O5S. The van der Waals surface area contributed by atoms with Gasteiger partial charge in [0.2, 0.25) is 0 Å². The van der Waals surface area contributed by atoms with E-state index in [9.17, 15) is 22.2 Å². The van der Waals surface area contributed by atoms with Gasteiger partial charge in [-0.1, -0.05) is 30.3 Å². The highest BCUT2D eigenvalue weighted by atomic mass is 32.3. The summed E-state index contributed by atoms with van der Waals surface area (Å²) in [4.78, 5) is 27.6. The lowest BCUT2D eigenvalue weighted by Gasteiger charge is -2.34. The number of hydrogen-bond acceptors (Lipinski definition) is 10. The molecule has 14 heteroatoms. The Hall–Kier alpha value is -4.95. The first-order chi connectivity index (χ1) is 22.1. The molecule has 1 amide bonds. The number of amides is 1. The van der Waals surface area contributed by atoms with Crippen LogP contribution in [-0.2, 0) is 10.2 Å². The molecule has 0 spiro atoms. The second-order valence-electron chi connectivity index (χ2n) is 11.3. The van der Waals surface area contributed by atoms with Crippen LogP contribution < -0.4 is 20.3 Å². The van der Waals surface area contributed by atoms with Gasteiger partial charge in [0.1, 0.15) is 29.4 Å². The van der Waals surface area contributed by atoms with Crippen molar-refractivity contribution in [2.24, 2.45) is 0 Å². The molecule has 2 saturated heterocycles. The van der Waals surface area contributed by atoms with Crippen molar-refractivity contribution in [1.29, 1.82) is 0 Å². The molecule has 2 aromatic heterocycles. The number of phenols is 1. The first-order valence-corrected chi connectivity index (χ1v) is 16.1. The zero-order valence-electron chi connectivity index (χ0n) is 24.3. The second-order valence-corrected chi connectivity index (χ2v) is 12.7. The summed E-state index contributed by atoms with van der Waals surface area (Å²) in [5.74, 6) is -0.884. The Morgan fingerprint density at radius 1 is 1.04 bits per heavy atom. The monoisotopic (exact) mass is 646 g/mol. The van der Waals surface area contributed by atoms with E-state index in [1.165, 1.54) is 18.2 Å². The van der Waals surface area contributed by atoms with E-state index in [-0.39, 0.29) is 53.8 Å². The van der Waals surface area contributed by atoms with Crippen LogP contribution in [0, 0.1) is 5.82 Å². The van der Waals surface area contributed by atoms with Crippen molar-refractivity contribution in [1.82, 2.24) is 25.6 Å². The lowest BCUT2D eigenvalue weighted by Crippen LogP contribution is -2.51. The zero-order valence-corrected chi connectivity index (χ0v) is 25.1. The molecule has 2 bridgehead atoms. The fourth-order valence-corrected chi connectivity index (χ4v) is 6.68. The largest absolute Gasteiger partial charge is 0.508 e. The fraction of sp³-hybridized carbons (Fsp3) is 0.250. The molecule has 11 nitrogen and oxygen atoms in total. The normalized spacial score (nSPS) is 17.8. The number of hydrogen-bond donors (Lipinski definition) is 3. The Bertz CT molecular complexity index is 2100. The average Bonchev–Trinajstić information content (AvgIpc) is 3.39. The summed E-state index contributed by atoms with van der Waals surface area (Å²) in [6.45, 7) is 1.19. The number of aromatic nitrogens is 3. The summed E-state index contributed by atoms with van der Waals surface area (Å²) in [5.41, 5.74) is 0.375. The quantitative estimate of drug-likeness (QED) is 0.166. The third kappa shape index (κ3) is 5.76. The van der Waals surface area contributed by atoms with Crippen molar-refractivity contribution in [3.8, 4) is 23.0 Å². The van der Waals surface area contributed by atoms with Crippen LogP contribution in [0.2, 0.25) is 0 Å². The van der Waals surface area contributed by atoms with Crippen molar-refractivity contribution < 1.29 is 31.3 Å². The van der Waals surface area contributed by atoms with Gasteiger partial charge < -0.3 is 25.4 Å². The van der Waals surface area contributed by atoms with Crippen LogP contribution in [0.1, 0.15) is 23.2 Å². The number of fused-ring (bicyclic) bond motifs is 4. The highest BCUT2D eigenvalue weighted by Crippen LogP contribution is 2.37. The van der Waals surface area contributed by atoms with Crippen LogP contribution in [-0.4, -0.2) is 72.7 Å². The van der Waals surface area contributed by atoms with Crippen LogP contribution in [0.5, 0.6) is 11.8 Å². The smallest absolute Gasteiger partial charge is 0.332 e. The molecule has 2 aliphatic heterocycles. The molecule has 0 aliphatic carbocycles. The van der Waals surface area contributed by atoms with Gasteiger partial charge in [0, 0.05) is 42.5 Å². The molecule has 3 aromatic carbocycles. The van der Waals surface area contributed by atoms with Gasteiger partial charge >= 0.3 is 16.2 Å².